The van der Waals surface area contributed by atoms with Crippen molar-refractivity contribution in [2.45, 2.75) is 201 Å². The number of allylic oxidation sites excluding steroid dienone is 2. The van der Waals surface area contributed by atoms with Gasteiger partial charge in [0.15, 0.2) is 0 Å². The van der Waals surface area contributed by atoms with Gasteiger partial charge in [-0.15, -0.1) is 0 Å². The van der Waals surface area contributed by atoms with Gasteiger partial charge in [0.05, 0.1) is 13.2 Å². The summed E-state index contributed by atoms with van der Waals surface area (Å²) in [5, 5.41) is 9.37. The van der Waals surface area contributed by atoms with Crippen molar-refractivity contribution in [3.8, 4) is 0 Å². The zero-order chi connectivity index (χ0) is 36.0. The van der Waals surface area contributed by atoms with Gasteiger partial charge in [-0.2, -0.15) is 0 Å². The van der Waals surface area contributed by atoms with Crippen LogP contribution in [0.5, 0.6) is 0 Å². The predicted octanol–water partition coefficient (Wildman–Crippen LogP) is 11.8. The van der Waals surface area contributed by atoms with E-state index in [0.717, 1.165) is 129 Å². The third-order valence-electron chi connectivity index (χ3n) is 9.41. The van der Waals surface area contributed by atoms with Gasteiger partial charge in [-0.05, 0) is 96.6 Å². The van der Waals surface area contributed by atoms with Crippen LogP contribution >= 0.6 is 0 Å². The van der Waals surface area contributed by atoms with E-state index in [1.807, 2.05) is 0 Å². The molecule has 0 aliphatic heterocycles. The number of rotatable bonds is 37. The molecule has 0 spiro atoms. The number of aliphatic hydroxyl groups is 1. The molecule has 0 atom stereocenters. The van der Waals surface area contributed by atoms with Crippen molar-refractivity contribution in [1.82, 2.24) is 4.90 Å². The molecule has 0 unspecified atom stereocenters. The summed E-state index contributed by atoms with van der Waals surface area (Å²) in [6.07, 6.45) is 34.0. The number of hydrogen-bond donors (Lipinski definition) is 1. The molecule has 0 aromatic heterocycles. The smallest absolute Gasteiger partial charge is 0.330 e. The Bertz CT molecular complexity index is 746. The second-order valence-corrected chi connectivity index (χ2v) is 14.2. The quantitative estimate of drug-likeness (QED) is 0.0397. The van der Waals surface area contributed by atoms with E-state index in [-0.39, 0.29) is 18.5 Å². The summed E-state index contributed by atoms with van der Waals surface area (Å²) < 4.78 is 11.1. The Hall–Kier alpha value is -1.66. The Morgan fingerprint density at radius 3 is 1.20 bits per heavy atom. The molecule has 1 N–H and O–H groups in total. The van der Waals surface area contributed by atoms with E-state index in [1.54, 1.807) is 12.2 Å². The van der Waals surface area contributed by atoms with E-state index in [2.05, 4.69) is 32.6 Å². The number of aliphatic hydroxyl groups excluding tert-OH is 1. The molecule has 0 saturated carbocycles. The second-order valence-electron chi connectivity index (χ2n) is 14.2. The van der Waals surface area contributed by atoms with Crippen LogP contribution < -0.4 is 0 Å². The molecule has 0 saturated heterocycles. The van der Waals surface area contributed by atoms with Crippen molar-refractivity contribution in [2.75, 3.05) is 39.5 Å². The van der Waals surface area contributed by atoms with Gasteiger partial charge in [-0.3, -0.25) is 0 Å². The third-order valence-corrected chi connectivity index (χ3v) is 9.41. The number of hydrogen-bond acceptors (Lipinski definition) is 6. The van der Waals surface area contributed by atoms with Crippen LogP contribution in [0.15, 0.2) is 23.3 Å². The Morgan fingerprint density at radius 2 is 0.796 bits per heavy atom. The summed E-state index contributed by atoms with van der Waals surface area (Å²) in [6.45, 7) is 13.1. The number of ether oxygens (including phenoxy) is 2. The minimum atomic E-state index is -0.162. The molecule has 0 amide bonds. The maximum absolute atomic E-state index is 12.4. The highest BCUT2D eigenvalue weighted by atomic mass is 16.5. The van der Waals surface area contributed by atoms with Gasteiger partial charge in [-0.25, -0.2) is 9.59 Å². The van der Waals surface area contributed by atoms with Crippen LogP contribution in [0, 0.1) is 0 Å². The second kappa shape index (κ2) is 37.6. The maximum atomic E-state index is 12.4. The van der Waals surface area contributed by atoms with Gasteiger partial charge in [0, 0.05) is 25.3 Å². The van der Waals surface area contributed by atoms with Crippen LogP contribution in [-0.4, -0.2) is 61.4 Å². The van der Waals surface area contributed by atoms with Crippen LogP contribution in [0.1, 0.15) is 201 Å². The standard InChI is InChI=1S/C43H81NO5/c1-5-9-13-15-21-30-40(28-11-7-3)38-42(46)48-36-25-19-17-23-32-44(34-27-35-45)33-24-18-20-26-37-49-43(47)39-41(29-12-8-4)31-22-16-14-10-6-2/h38-39,45H,5-37H2,1-4H3/b40-38+,41-39?. The first kappa shape index (κ1) is 47.3. The first-order chi connectivity index (χ1) is 24.0. The number of carbonyl (C=O) groups excluding carboxylic acids is 2. The highest BCUT2D eigenvalue weighted by Gasteiger charge is 2.08. The zero-order valence-corrected chi connectivity index (χ0v) is 33.0. The molecule has 0 bridgehead atoms. The fourth-order valence-electron chi connectivity index (χ4n) is 6.23. The lowest BCUT2D eigenvalue weighted by Gasteiger charge is -2.22. The Balaban J connectivity index is 4.20. The normalized spacial score (nSPS) is 12.2. The van der Waals surface area contributed by atoms with E-state index < -0.39 is 0 Å². The number of unbranched alkanes of at least 4 members (excludes halogenated alkanes) is 16. The summed E-state index contributed by atoms with van der Waals surface area (Å²) in [5.41, 5.74) is 2.52. The molecule has 49 heavy (non-hydrogen) atoms. The van der Waals surface area contributed by atoms with Gasteiger partial charge in [0.2, 0.25) is 0 Å². The lowest BCUT2D eigenvalue weighted by atomic mass is 10.0. The molecular weight excluding hydrogens is 610 g/mol. The van der Waals surface area contributed by atoms with Crippen LogP contribution in [0.25, 0.3) is 0 Å². The summed E-state index contributed by atoms with van der Waals surface area (Å²) in [6, 6.07) is 0. The molecule has 6 nitrogen and oxygen atoms in total. The SMILES string of the molecule is CCCCCCCC(=CC(=O)OCCCCCCN(CCCO)CCCCCCOC(=O)/C=C(\CCCC)CCCCCCC)CCCC. The molecule has 0 aromatic rings. The average Bonchev–Trinajstić information content (AvgIpc) is 3.10. The Morgan fingerprint density at radius 1 is 0.449 bits per heavy atom. The first-order valence-corrected chi connectivity index (χ1v) is 21.1. The van der Waals surface area contributed by atoms with Gasteiger partial charge in [0.1, 0.15) is 0 Å². The van der Waals surface area contributed by atoms with Gasteiger partial charge < -0.3 is 19.5 Å². The highest BCUT2D eigenvalue weighted by Crippen LogP contribution is 2.18. The van der Waals surface area contributed by atoms with E-state index in [9.17, 15) is 14.7 Å². The Kier molecular flexibility index (Phi) is 36.3. The largest absolute Gasteiger partial charge is 0.463 e. The molecule has 0 aromatic carbocycles. The molecule has 288 valence electrons. The molecule has 0 radical (unpaired) electrons. The number of esters is 2. The summed E-state index contributed by atoms with van der Waals surface area (Å²) >= 11 is 0. The molecular formula is C43H81NO5. The van der Waals surface area contributed by atoms with Crippen molar-refractivity contribution in [3.05, 3.63) is 23.3 Å². The van der Waals surface area contributed by atoms with Crippen molar-refractivity contribution in [2.24, 2.45) is 0 Å². The number of carbonyl (C=O) groups is 2. The Labute approximate surface area is 304 Å². The van der Waals surface area contributed by atoms with Crippen LogP contribution in [0.3, 0.4) is 0 Å². The van der Waals surface area contributed by atoms with E-state index in [0.29, 0.717) is 13.2 Å². The topological polar surface area (TPSA) is 76.1 Å². The molecule has 0 aliphatic rings. The first-order valence-electron chi connectivity index (χ1n) is 21.1. The molecule has 0 fully saturated rings. The summed E-state index contributed by atoms with van der Waals surface area (Å²) in [7, 11) is 0. The number of nitrogens with zero attached hydrogens (tertiary/aromatic N) is 1. The van der Waals surface area contributed by atoms with Crippen molar-refractivity contribution in [3.63, 3.8) is 0 Å². The monoisotopic (exact) mass is 692 g/mol. The predicted molar refractivity (Wildman–Crippen MR) is 209 cm³/mol. The van der Waals surface area contributed by atoms with E-state index >= 15 is 0 Å². The fraction of sp³-hybridized carbons (Fsp3) is 0.860. The third kappa shape index (κ3) is 33.3. The molecule has 0 rings (SSSR count). The molecule has 0 heterocycles. The minimum absolute atomic E-state index is 0.162. The summed E-state index contributed by atoms with van der Waals surface area (Å²) in [4.78, 5) is 27.3. The minimum Gasteiger partial charge on any atom is -0.463 e. The van der Waals surface area contributed by atoms with Crippen LogP contribution in [0.2, 0.25) is 0 Å². The molecule has 0 aliphatic carbocycles. The zero-order valence-electron chi connectivity index (χ0n) is 33.0. The van der Waals surface area contributed by atoms with Gasteiger partial charge >= 0.3 is 11.9 Å². The highest BCUT2D eigenvalue weighted by molar-refractivity contribution is 5.83. The van der Waals surface area contributed by atoms with Gasteiger partial charge in [-0.1, -0.05) is 129 Å². The fourth-order valence-corrected chi connectivity index (χ4v) is 6.23. The average molecular weight is 692 g/mol. The van der Waals surface area contributed by atoms with Crippen molar-refractivity contribution in [1.29, 1.82) is 0 Å². The van der Waals surface area contributed by atoms with Crippen LogP contribution in [0.4, 0.5) is 0 Å². The summed E-state index contributed by atoms with van der Waals surface area (Å²) in [5.74, 6) is -0.324. The van der Waals surface area contributed by atoms with Crippen molar-refractivity contribution >= 4 is 11.9 Å². The van der Waals surface area contributed by atoms with E-state index in [1.165, 1.54) is 75.4 Å². The lowest BCUT2D eigenvalue weighted by Crippen LogP contribution is -2.28. The van der Waals surface area contributed by atoms with Crippen molar-refractivity contribution < 1.29 is 24.2 Å². The van der Waals surface area contributed by atoms with E-state index in [4.69, 9.17) is 9.47 Å². The lowest BCUT2D eigenvalue weighted by molar-refractivity contribution is -0.138. The maximum Gasteiger partial charge on any atom is 0.330 e. The van der Waals surface area contributed by atoms with Crippen LogP contribution in [-0.2, 0) is 19.1 Å². The molecule has 6 heteroatoms. The van der Waals surface area contributed by atoms with Gasteiger partial charge in [0.25, 0.3) is 0 Å².